The molecule has 0 saturated heterocycles. The van der Waals surface area contributed by atoms with Crippen LogP contribution in [0.3, 0.4) is 0 Å². The van der Waals surface area contributed by atoms with Crippen LogP contribution in [0.25, 0.3) is 0 Å². The third kappa shape index (κ3) is 4.47. The number of hydrogen-bond acceptors (Lipinski definition) is 6. The summed E-state index contributed by atoms with van der Waals surface area (Å²) < 4.78 is 5.67. The van der Waals surface area contributed by atoms with Gasteiger partial charge in [0, 0.05) is 16.9 Å². The highest BCUT2D eigenvalue weighted by Crippen LogP contribution is 2.36. The molecule has 9 heteroatoms. The Bertz CT molecular complexity index is 864. The summed E-state index contributed by atoms with van der Waals surface area (Å²) in [5.74, 6) is -0.592. The van der Waals surface area contributed by atoms with Crippen LogP contribution in [0.1, 0.15) is 41.6 Å². The highest BCUT2D eigenvalue weighted by atomic mass is 79.9. The van der Waals surface area contributed by atoms with Crippen molar-refractivity contribution in [3.63, 3.8) is 0 Å². The van der Waals surface area contributed by atoms with Gasteiger partial charge in [-0.05, 0) is 35.0 Å². The zero-order chi connectivity index (χ0) is 19.4. The van der Waals surface area contributed by atoms with Crippen molar-refractivity contribution in [1.29, 1.82) is 0 Å². The van der Waals surface area contributed by atoms with Crippen LogP contribution in [-0.4, -0.2) is 29.7 Å². The van der Waals surface area contributed by atoms with Crippen LogP contribution in [-0.2, 0) is 4.79 Å². The number of aromatic nitrogens is 1. The number of carbonyl (C=O) groups is 3. The number of Topliss-reactive ketones (excluding diaryl/α,β-unsaturated/α-hetero) is 1. The number of anilines is 2. The molecular formula is C17H18BrN3O4S. The number of carbonyl (C=O) groups excluding carboxylic acids is 3. The molecule has 0 bridgehead atoms. The fraction of sp³-hybridized carbons (Fsp3) is 0.294. The second-order valence-electron chi connectivity index (χ2n) is 5.70. The monoisotopic (exact) mass is 439 g/mol. The molecule has 0 atom stereocenters. The standard InChI is InChI=1S/C17H18BrN3O4S/c1-8(2)15(23)21-17-19-11(7-26-17)16(24)20-14-10(9(3)22)5-6-12(25-4)13(14)18/h5-8H,1-4H3,(H,20,24)(H,19,21,23). The number of ketones is 1. The van der Waals surface area contributed by atoms with E-state index in [4.69, 9.17) is 4.74 Å². The van der Waals surface area contributed by atoms with E-state index >= 15 is 0 Å². The molecule has 0 aliphatic carbocycles. The van der Waals surface area contributed by atoms with Crippen LogP contribution in [0.4, 0.5) is 10.8 Å². The van der Waals surface area contributed by atoms with E-state index in [1.54, 1.807) is 26.0 Å². The quantitative estimate of drug-likeness (QED) is 0.663. The van der Waals surface area contributed by atoms with Gasteiger partial charge in [0.2, 0.25) is 5.91 Å². The maximum absolute atomic E-state index is 12.5. The molecule has 0 saturated carbocycles. The minimum absolute atomic E-state index is 0.137. The third-order valence-corrected chi connectivity index (χ3v) is 4.98. The zero-order valence-corrected chi connectivity index (χ0v) is 17.1. The van der Waals surface area contributed by atoms with Crippen molar-refractivity contribution in [3.05, 3.63) is 33.2 Å². The van der Waals surface area contributed by atoms with Crippen LogP contribution < -0.4 is 15.4 Å². The normalized spacial score (nSPS) is 10.5. The van der Waals surface area contributed by atoms with E-state index in [1.165, 1.54) is 19.4 Å². The lowest BCUT2D eigenvalue weighted by molar-refractivity contribution is -0.118. The zero-order valence-electron chi connectivity index (χ0n) is 14.7. The van der Waals surface area contributed by atoms with Gasteiger partial charge in [0.25, 0.3) is 5.91 Å². The summed E-state index contributed by atoms with van der Waals surface area (Å²) in [5.41, 5.74) is 0.787. The Morgan fingerprint density at radius 2 is 1.92 bits per heavy atom. The predicted molar refractivity (Wildman–Crippen MR) is 104 cm³/mol. The van der Waals surface area contributed by atoms with E-state index in [0.717, 1.165) is 11.3 Å². The van der Waals surface area contributed by atoms with Gasteiger partial charge in [-0.15, -0.1) is 11.3 Å². The van der Waals surface area contributed by atoms with E-state index in [-0.39, 0.29) is 23.3 Å². The SMILES string of the molecule is COc1ccc(C(C)=O)c(NC(=O)c2csc(NC(=O)C(C)C)n2)c1Br. The Labute approximate surface area is 163 Å². The number of hydrogen-bond donors (Lipinski definition) is 2. The number of nitrogens with one attached hydrogen (secondary N) is 2. The van der Waals surface area contributed by atoms with Gasteiger partial charge in [0.15, 0.2) is 10.9 Å². The molecule has 2 aromatic rings. The Hall–Kier alpha value is -2.26. The first-order valence-electron chi connectivity index (χ1n) is 7.69. The van der Waals surface area contributed by atoms with Crippen LogP contribution in [0.15, 0.2) is 22.0 Å². The second-order valence-corrected chi connectivity index (χ2v) is 7.35. The number of nitrogens with zero attached hydrogens (tertiary/aromatic N) is 1. The van der Waals surface area contributed by atoms with Gasteiger partial charge in [-0.25, -0.2) is 4.98 Å². The van der Waals surface area contributed by atoms with E-state index < -0.39 is 5.91 Å². The molecule has 0 radical (unpaired) electrons. The van der Waals surface area contributed by atoms with E-state index in [1.807, 2.05) is 0 Å². The lowest BCUT2D eigenvalue weighted by Crippen LogP contribution is -2.18. The maximum atomic E-state index is 12.5. The van der Waals surface area contributed by atoms with Crippen molar-refractivity contribution in [1.82, 2.24) is 4.98 Å². The molecule has 0 spiro atoms. The Morgan fingerprint density at radius 1 is 1.23 bits per heavy atom. The van der Waals surface area contributed by atoms with Crippen LogP contribution in [0.5, 0.6) is 5.75 Å². The van der Waals surface area contributed by atoms with Crippen molar-refractivity contribution in [3.8, 4) is 5.75 Å². The first-order chi connectivity index (χ1) is 12.2. The Balaban J connectivity index is 2.26. The molecule has 2 amide bonds. The average molecular weight is 440 g/mol. The molecule has 1 aromatic carbocycles. The summed E-state index contributed by atoms with van der Waals surface area (Å²) in [6.45, 7) is 4.94. The van der Waals surface area contributed by atoms with Gasteiger partial charge in [-0.1, -0.05) is 13.8 Å². The fourth-order valence-electron chi connectivity index (χ4n) is 1.99. The Morgan fingerprint density at radius 3 is 2.50 bits per heavy atom. The average Bonchev–Trinajstić information content (AvgIpc) is 3.04. The molecule has 1 aromatic heterocycles. The molecule has 26 heavy (non-hydrogen) atoms. The molecule has 2 rings (SSSR count). The highest BCUT2D eigenvalue weighted by Gasteiger charge is 2.20. The number of ether oxygens (including phenoxy) is 1. The van der Waals surface area contributed by atoms with Crippen LogP contribution >= 0.6 is 27.3 Å². The van der Waals surface area contributed by atoms with Gasteiger partial charge in [-0.3, -0.25) is 14.4 Å². The topological polar surface area (TPSA) is 97.4 Å². The van der Waals surface area contributed by atoms with Crippen molar-refractivity contribution in [2.45, 2.75) is 20.8 Å². The molecule has 0 fully saturated rings. The molecule has 138 valence electrons. The molecule has 7 nitrogen and oxygen atoms in total. The van der Waals surface area contributed by atoms with Crippen molar-refractivity contribution in [2.24, 2.45) is 5.92 Å². The van der Waals surface area contributed by atoms with E-state index in [9.17, 15) is 14.4 Å². The van der Waals surface area contributed by atoms with Crippen molar-refractivity contribution < 1.29 is 19.1 Å². The third-order valence-electron chi connectivity index (χ3n) is 3.44. The van der Waals surface area contributed by atoms with Gasteiger partial charge in [0.1, 0.15) is 11.4 Å². The molecule has 0 aliphatic heterocycles. The van der Waals surface area contributed by atoms with Gasteiger partial charge < -0.3 is 15.4 Å². The lowest BCUT2D eigenvalue weighted by atomic mass is 10.1. The van der Waals surface area contributed by atoms with E-state index in [2.05, 4.69) is 31.5 Å². The molecule has 2 N–H and O–H groups in total. The number of rotatable bonds is 6. The molecule has 0 unspecified atom stereocenters. The number of benzene rings is 1. The largest absolute Gasteiger partial charge is 0.495 e. The number of methoxy groups -OCH3 is 1. The highest BCUT2D eigenvalue weighted by molar-refractivity contribution is 9.10. The molecule has 1 heterocycles. The van der Waals surface area contributed by atoms with Crippen LogP contribution in [0, 0.1) is 5.92 Å². The smallest absolute Gasteiger partial charge is 0.275 e. The second kappa shape index (κ2) is 8.41. The predicted octanol–water partition coefficient (Wildman–Crippen LogP) is 3.96. The summed E-state index contributed by atoms with van der Waals surface area (Å²) >= 11 is 4.50. The van der Waals surface area contributed by atoms with E-state index in [0.29, 0.717) is 26.6 Å². The first-order valence-corrected chi connectivity index (χ1v) is 9.37. The molecular weight excluding hydrogens is 422 g/mol. The van der Waals surface area contributed by atoms with Gasteiger partial charge >= 0.3 is 0 Å². The summed E-state index contributed by atoms with van der Waals surface area (Å²) in [7, 11) is 1.49. The summed E-state index contributed by atoms with van der Waals surface area (Å²) in [5, 5.41) is 7.20. The minimum Gasteiger partial charge on any atom is -0.495 e. The summed E-state index contributed by atoms with van der Waals surface area (Å²) in [4.78, 5) is 40.2. The minimum atomic E-state index is -0.497. The number of halogens is 1. The summed E-state index contributed by atoms with van der Waals surface area (Å²) in [6, 6.07) is 3.22. The maximum Gasteiger partial charge on any atom is 0.275 e. The number of thiazole rings is 1. The Kier molecular flexibility index (Phi) is 6.49. The fourth-order valence-corrected chi connectivity index (χ4v) is 3.29. The van der Waals surface area contributed by atoms with Crippen molar-refractivity contribution in [2.75, 3.05) is 17.7 Å². The van der Waals surface area contributed by atoms with Crippen molar-refractivity contribution >= 4 is 55.7 Å². The van der Waals surface area contributed by atoms with Crippen LogP contribution in [0.2, 0.25) is 0 Å². The lowest BCUT2D eigenvalue weighted by Gasteiger charge is -2.13. The molecule has 0 aliphatic rings. The number of amides is 2. The van der Waals surface area contributed by atoms with Gasteiger partial charge in [-0.2, -0.15) is 0 Å². The van der Waals surface area contributed by atoms with Gasteiger partial charge in [0.05, 0.1) is 17.3 Å². The summed E-state index contributed by atoms with van der Waals surface area (Å²) in [6.07, 6.45) is 0. The first kappa shape index (κ1) is 20.1.